The molecule has 0 atom stereocenters. The molecule has 0 aliphatic carbocycles. The maximum Gasteiger partial charge on any atom is 0.147 e. The van der Waals surface area contributed by atoms with Crippen molar-refractivity contribution in [3.63, 3.8) is 0 Å². The van der Waals surface area contributed by atoms with E-state index in [0.717, 1.165) is 12.4 Å². The Morgan fingerprint density at radius 3 is 3.14 bits per heavy atom. The summed E-state index contributed by atoms with van der Waals surface area (Å²) in [6.45, 7) is 1.50. The van der Waals surface area contributed by atoms with Crippen LogP contribution in [0.5, 0.6) is 0 Å². The number of anilines is 1. The van der Waals surface area contributed by atoms with Crippen LogP contribution in [0, 0.1) is 0 Å². The lowest BCUT2D eigenvalue weighted by Gasteiger charge is -2.01. The molecule has 2 aromatic rings. The number of benzene rings is 1. The Labute approximate surface area is 86.9 Å². The van der Waals surface area contributed by atoms with Crippen LogP contribution in [0.4, 0.5) is 5.82 Å². The van der Waals surface area contributed by atoms with Crippen molar-refractivity contribution < 1.29 is 4.74 Å². The van der Waals surface area contributed by atoms with Crippen molar-refractivity contribution in [3.8, 4) is 0 Å². The van der Waals surface area contributed by atoms with Gasteiger partial charge >= 0.3 is 0 Å². The highest BCUT2D eigenvalue weighted by Gasteiger charge is 2.03. The number of fused-ring (bicyclic) bond motifs is 1. The van der Waals surface area contributed by atoms with Crippen LogP contribution in [-0.4, -0.2) is 24.6 Å². The van der Waals surface area contributed by atoms with Gasteiger partial charge < -0.3 is 10.1 Å². The number of nitrogens with zero attached hydrogens (tertiary/aromatic N) is 1. The van der Waals surface area contributed by atoms with Gasteiger partial charge in [0.05, 0.1) is 11.3 Å². The molecule has 0 amide bonds. The molecule has 0 unspecified atom stereocenters. The topological polar surface area (TPSA) is 34.1 Å². The molecule has 0 saturated heterocycles. The van der Waals surface area contributed by atoms with Gasteiger partial charge in [-0.3, -0.25) is 0 Å². The van der Waals surface area contributed by atoms with E-state index in [9.17, 15) is 0 Å². The van der Waals surface area contributed by atoms with Gasteiger partial charge in [-0.05, 0) is 23.7 Å². The largest absolute Gasteiger partial charge is 0.383 e. The second kappa shape index (κ2) is 4.39. The summed E-state index contributed by atoms with van der Waals surface area (Å²) in [5, 5.41) is 4.43. The van der Waals surface area contributed by atoms with E-state index in [0.29, 0.717) is 6.61 Å². The van der Waals surface area contributed by atoms with Gasteiger partial charge in [-0.25, -0.2) is 0 Å². The summed E-state index contributed by atoms with van der Waals surface area (Å²) < 4.78 is 10.5. The molecule has 2 rings (SSSR count). The first-order valence-corrected chi connectivity index (χ1v) is 5.26. The molecule has 0 fully saturated rings. The summed E-state index contributed by atoms with van der Waals surface area (Å²) >= 11 is 1.52. The summed E-state index contributed by atoms with van der Waals surface area (Å²) in [5.41, 5.74) is 0. The van der Waals surface area contributed by atoms with Crippen molar-refractivity contribution in [2.75, 3.05) is 25.6 Å². The Morgan fingerprint density at radius 2 is 2.29 bits per heavy atom. The van der Waals surface area contributed by atoms with E-state index in [4.69, 9.17) is 4.74 Å². The Balaban J connectivity index is 2.17. The fraction of sp³-hybridized carbons (Fsp3) is 0.300. The molecule has 14 heavy (non-hydrogen) atoms. The van der Waals surface area contributed by atoms with E-state index in [2.05, 4.69) is 21.8 Å². The Hall–Kier alpha value is -1.13. The monoisotopic (exact) mass is 208 g/mol. The smallest absolute Gasteiger partial charge is 0.147 e. The zero-order valence-electron chi connectivity index (χ0n) is 7.99. The first-order valence-electron chi connectivity index (χ1n) is 4.49. The van der Waals surface area contributed by atoms with Crippen LogP contribution in [-0.2, 0) is 4.74 Å². The predicted molar refractivity (Wildman–Crippen MR) is 60.0 cm³/mol. The van der Waals surface area contributed by atoms with E-state index < -0.39 is 0 Å². The fourth-order valence-corrected chi connectivity index (χ4v) is 2.04. The van der Waals surface area contributed by atoms with Gasteiger partial charge in [-0.1, -0.05) is 12.1 Å². The average Bonchev–Trinajstić information content (AvgIpc) is 2.63. The van der Waals surface area contributed by atoms with Gasteiger partial charge in [0.1, 0.15) is 5.82 Å². The van der Waals surface area contributed by atoms with Crippen LogP contribution in [0.15, 0.2) is 24.3 Å². The lowest BCUT2D eigenvalue weighted by molar-refractivity contribution is 0.210. The van der Waals surface area contributed by atoms with E-state index >= 15 is 0 Å². The highest BCUT2D eigenvalue weighted by atomic mass is 32.1. The molecule has 0 bridgehead atoms. The number of ether oxygens (including phenoxy) is 1. The van der Waals surface area contributed by atoms with Gasteiger partial charge in [0, 0.05) is 19.0 Å². The standard InChI is InChI=1S/C10H12N2OS/c1-13-7-6-11-10-8-4-2-3-5-9(8)14-12-10/h2-5H,6-7H2,1H3,(H,11,12). The van der Waals surface area contributed by atoms with Crippen molar-refractivity contribution in [2.45, 2.75) is 0 Å². The molecule has 1 N–H and O–H groups in total. The second-order valence-corrected chi connectivity index (χ2v) is 3.75. The molecule has 0 aliphatic rings. The average molecular weight is 208 g/mol. The molecule has 74 valence electrons. The number of nitrogens with one attached hydrogen (secondary N) is 1. The molecule has 3 nitrogen and oxygen atoms in total. The fourth-order valence-electron chi connectivity index (χ4n) is 1.28. The molecular formula is C10H12N2OS. The van der Waals surface area contributed by atoms with Crippen LogP contribution in [0.25, 0.3) is 10.1 Å². The van der Waals surface area contributed by atoms with Gasteiger partial charge in [0.15, 0.2) is 0 Å². The summed E-state index contributed by atoms with van der Waals surface area (Å²) in [6.07, 6.45) is 0. The van der Waals surface area contributed by atoms with Crippen molar-refractivity contribution in [1.29, 1.82) is 0 Å². The van der Waals surface area contributed by atoms with Crippen LogP contribution < -0.4 is 5.32 Å². The number of methoxy groups -OCH3 is 1. The Morgan fingerprint density at radius 1 is 1.43 bits per heavy atom. The molecule has 1 aromatic carbocycles. The SMILES string of the molecule is COCCNc1nsc2ccccc12. The summed E-state index contributed by atoms with van der Waals surface area (Å²) in [4.78, 5) is 0. The minimum atomic E-state index is 0.700. The van der Waals surface area contributed by atoms with Crippen molar-refractivity contribution in [3.05, 3.63) is 24.3 Å². The van der Waals surface area contributed by atoms with Crippen LogP contribution >= 0.6 is 11.5 Å². The number of aromatic nitrogens is 1. The van der Waals surface area contributed by atoms with Gasteiger partial charge in [0.2, 0.25) is 0 Å². The van der Waals surface area contributed by atoms with Crippen LogP contribution in [0.1, 0.15) is 0 Å². The maximum absolute atomic E-state index is 4.97. The number of rotatable bonds is 4. The quantitative estimate of drug-likeness (QED) is 0.783. The molecule has 1 heterocycles. The molecule has 4 heteroatoms. The first kappa shape index (κ1) is 9.43. The zero-order valence-corrected chi connectivity index (χ0v) is 8.80. The highest BCUT2D eigenvalue weighted by molar-refractivity contribution is 7.13. The minimum Gasteiger partial charge on any atom is -0.383 e. The lowest BCUT2D eigenvalue weighted by Crippen LogP contribution is -2.07. The third-order valence-electron chi connectivity index (χ3n) is 1.98. The molecule has 0 radical (unpaired) electrons. The second-order valence-electron chi connectivity index (χ2n) is 2.95. The Bertz CT molecular complexity index is 413. The zero-order chi connectivity index (χ0) is 9.80. The predicted octanol–water partition coefficient (Wildman–Crippen LogP) is 2.35. The molecule has 1 aromatic heterocycles. The molecule has 0 aliphatic heterocycles. The minimum absolute atomic E-state index is 0.700. The molecule has 0 saturated carbocycles. The normalized spacial score (nSPS) is 10.6. The van der Waals surface area contributed by atoms with Gasteiger partial charge in [0.25, 0.3) is 0 Å². The van der Waals surface area contributed by atoms with Crippen molar-refractivity contribution >= 4 is 27.4 Å². The van der Waals surface area contributed by atoms with E-state index in [1.165, 1.54) is 21.6 Å². The number of hydrogen-bond donors (Lipinski definition) is 1. The third-order valence-corrected chi connectivity index (χ3v) is 2.80. The van der Waals surface area contributed by atoms with Crippen LogP contribution in [0.2, 0.25) is 0 Å². The first-order chi connectivity index (χ1) is 6.92. The summed E-state index contributed by atoms with van der Waals surface area (Å²) in [5.74, 6) is 0.961. The molecule has 0 spiro atoms. The van der Waals surface area contributed by atoms with Crippen LogP contribution in [0.3, 0.4) is 0 Å². The van der Waals surface area contributed by atoms with Crippen molar-refractivity contribution in [2.24, 2.45) is 0 Å². The van der Waals surface area contributed by atoms with Crippen molar-refractivity contribution in [1.82, 2.24) is 4.37 Å². The summed E-state index contributed by atoms with van der Waals surface area (Å²) in [6, 6.07) is 8.21. The third kappa shape index (κ3) is 1.86. The maximum atomic E-state index is 4.97. The van der Waals surface area contributed by atoms with E-state index in [-0.39, 0.29) is 0 Å². The van der Waals surface area contributed by atoms with E-state index in [1.54, 1.807) is 7.11 Å². The summed E-state index contributed by atoms with van der Waals surface area (Å²) in [7, 11) is 1.70. The lowest BCUT2D eigenvalue weighted by atomic mass is 10.2. The molecular weight excluding hydrogens is 196 g/mol. The van der Waals surface area contributed by atoms with Gasteiger partial charge in [-0.2, -0.15) is 4.37 Å². The Kier molecular flexibility index (Phi) is 2.96. The highest BCUT2D eigenvalue weighted by Crippen LogP contribution is 2.25. The number of hydrogen-bond acceptors (Lipinski definition) is 4. The van der Waals surface area contributed by atoms with E-state index in [1.807, 2.05) is 12.1 Å². The van der Waals surface area contributed by atoms with Gasteiger partial charge in [-0.15, -0.1) is 0 Å².